The SMILES string of the molecule is Cl.O=C(O)[C@H]1CCCc2nn(Cc3ccc(F)c(Cl)c3)c(=O)n21. The first-order valence-electron chi connectivity index (χ1n) is 6.82. The van der Waals surface area contributed by atoms with E-state index >= 15 is 0 Å². The van der Waals surface area contributed by atoms with Crippen molar-refractivity contribution in [2.75, 3.05) is 0 Å². The minimum absolute atomic E-state index is 0. The zero-order valence-corrected chi connectivity index (χ0v) is 13.5. The third-order valence-electron chi connectivity index (χ3n) is 3.73. The smallest absolute Gasteiger partial charge is 0.347 e. The Morgan fingerprint density at radius 1 is 1.48 bits per heavy atom. The maximum Gasteiger partial charge on any atom is 0.347 e. The lowest BCUT2D eigenvalue weighted by Crippen LogP contribution is -2.34. The Morgan fingerprint density at radius 2 is 2.22 bits per heavy atom. The first-order valence-corrected chi connectivity index (χ1v) is 7.20. The van der Waals surface area contributed by atoms with Crippen molar-refractivity contribution in [3.63, 3.8) is 0 Å². The molecule has 124 valence electrons. The highest BCUT2D eigenvalue weighted by atomic mass is 35.5. The Kier molecular flexibility index (Phi) is 5.11. The molecular formula is C14H14Cl2FN3O3. The molecule has 9 heteroatoms. The van der Waals surface area contributed by atoms with E-state index in [1.54, 1.807) is 0 Å². The van der Waals surface area contributed by atoms with Gasteiger partial charge in [-0.25, -0.2) is 18.7 Å². The van der Waals surface area contributed by atoms with Crippen molar-refractivity contribution in [1.82, 2.24) is 14.3 Å². The molecule has 1 aliphatic rings. The summed E-state index contributed by atoms with van der Waals surface area (Å²) in [4.78, 5) is 23.6. The van der Waals surface area contributed by atoms with Crippen LogP contribution < -0.4 is 5.69 Å². The molecule has 0 unspecified atom stereocenters. The average Bonchev–Trinajstić information content (AvgIpc) is 2.79. The van der Waals surface area contributed by atoms with Gasteiger partial charge >= 0.3 is 11.7 Å². The molecule has 0 spiro atoms. The highest BCUT2D eigenvalue weighted by Crippen LogP contribution is 2.22. The Morgan fingerprint density at radius 3 is 2.87 bits per heavy atom. The lowest BCUT2D eigenvalue weighted by molar-refractivity contribution is -0.141. The topological polar surface area (TPSA) is 77.1 Å². The van der Waals surface area contributed by atoms with E-state index in [1.807, 2.05) is 0 Å². The number of rotatable bonds is 3. The Hall–Kier alpha value is -1.86. The summed E-state index contributed by atoms with van der Waals surface area (Å²) >= 11 is 5.72. The van der Waals surface area contributed by atoms with Crippen LogP contribution in [0.15, 0.2) is 23.0 Å². The second kappa shape index (κ2) is 6.72. The van der Waals surface area contributed by atoms with Crippen molar-refractivity contribution in [3.05, 3.63) is 50.9 Å². The van der Waals surface area contributed by atoms with Crippen LogP contribution in [0.1, 0.15) is 30.3 Å². The van der Waals surface area contributed by atoms with Crippen LogP contribution in [-0.2, 0) is 17.8 Å². The molecule has 1 atom stereocenters. The molecule has 0 fully saturated rings. The van der Waals surface area contributed by atoms with Crippen molar-refractivity contribution in [3.8, 4) is 0 Å². The summed E-state index contributed by atoms with van der Waals surface area (Å²) in [5, 5.41) is 13.4. The van der Waals surface area contributed by atoms with Gasteiger partial charge < -0.3 is 5.11 Å². The molecule has 1 aliphatic heterocycles. The fraction of sp³-hybridized carbons (Fsp3) is 0.357. The number of hydrogen-bond donors (Lipinski definition) is 1. The van der Waals surface area contributed by atoms with Crippen molar-refractivity contribution < 1.29 is 14.3 Å². The summed E-state index contributed by atoms with van der Waals surface area (Å²) in [6, 6.07) is 3.29. The highest BCUT2D eigenvalue weighted by molar-refractivity contribution is 6.30. The summed E-state index contributed by atoms with van der Waals surface area (Å²) in [6.07, 6.45) is 1.66. The molecule has 0 amide bonds. The Bertz CT molecular complexity index is 803. The predicted molar refractivity (Wildman–Crippen MR) is 83.9 cm³/mol. The molecule has 0 aliphatic carbocycles. The number of fused-ring (bicyclic) bond motifs is 1. The molecule has 1 aromatic carbocycles. The van der Waals surface area contributed by atoms with Gasteiger partial charge in [0.1, 0.15) is 17.7 Å². The normalized spacial score (nSPS) is 16.5. The number of carboxylic acid groups (broad SMARTS) is 1. The molecule has 1 N–H and O–H groups in total. The van der Waals surface area contributed by atoms with Crippen LogP contribution in [0, 0.1) is 5.82 Å². The maximum absolute atomic E-state index is 13.2. The number of benzene rings is 1. The van der Waals surface area contributed by atoms with E-state index in [-0.39, 0.29) is 24.0 Å². The number of carbonyl (C=O) groups is 1. The van der Waals surface area contributed by atoms with Crippen LogP contribution in [0.3, 0.4) is 0 Å². The quantitative estimate of drug-likeness (QED) is 0.909. The number of carboxylic acids is 1. The molecule has 23 heavy (non-hydrogen) atoms. The highest BCUT2D eigenvalue weighted by Gasteiger charge is 2.30. The first-order chi connectivity index (χ1) is 10.5. The van der Waals surface area contributed by atoms with E-state index in [0.717, 1.165) is 0 Å². The fourth-order valence-corrected chi connectivity index (χ4v) is 2.88. The summed E-state index contributed by atoms with van der Waals surface area (Å²) in [6.45, 7) is 0.116. The molecular weight excluding hydrogens is 348 g/mol. The van der Waals surface area contributed by atoms with Gasteiger partial charge in [0.25, 0.3) is 0 Å². The minimum Gasteiger partial charge on any atom is -0.480 e. The second-order valence-corrected chi connectivity index (χ2v) is 5.63. The van der Waals surface area contributed by atoms with Gasteiger partial charge in [-0.05, 0) is 30.5 Å². The Labute approximate surface area is 141 Å². The van der Waals surface area contributed by atoms with Crippen molar-refractivity contribution in [2.24, 2.45) is 0 Å². The van der Waals surface area contributed by atoms with Crippen molar-refractivity contribution >= 4 is 30.0 Å². The van der Waals surface area contributed by atoms with Gasteiger partial charge in [-0.1, -0.05) is 17.7 Å². The van der Waals surface area contributed by atoms with Crippen LogP contribution in [0.25, 0.3) is 0 Å². The minimum atomic E-state index is -1.03. The van der Waals surface area contributed by atoms with Crippen LogP contribution in [0.2, 0.25) is 5.02 Å². The van der Waals surface area contributed by atoms with Crippen LogP contribution in [0.4, 0.5) is 4.39 Å². The summed E-state index contributed by atoms with van der Waals surface area (Å²) in [5.41, 5.74) is 0.151. The van der Waals surface area contributed by atoms with E-state index in [9.17, 15) is 19.1 Å². The molecule has 2 aromatic rings. The lowest BCUT2D eigenvalue weighted by Gasteiger charge is -2.19. The van der Waals surface area contributed by atoms with Crippen molar-refractivity contribution in [2.45, 2.75) is 31.8 Å². The van der Waals surface area contributed by atoms with E-state index in [2.05, 4.69) is 5.10 Å². The van der Waals surface area contributed by atoms with Gasteiger partial charge in [-0.2, -0.15) is 5.10 Å². The number of aliphatic carboxylic acids is 1. The largest absolute Gasteiger partial charge is 0.480 e. The maximum atomic E-state index is 13.2. The first kappa shape index (κ1) is 17.5. The molecule has 0 saturated heterocycles. The summed E-state index contributed by atoms with van der Waals surface area (Å²) in [7, 11) is 0. The van der Waals surface area contributed by atoms with Gasteiger partial charge in [-0.15, -0.1) is 12.4 Å². The van der Waals surface area contributed by atoms with Gasteiger partial charge in [0.15, 0.2) is 0 Å². The van der Waals surface area contributed by atoms with Crippen LogP contribution in [-0.4, -0.2) is 25.4 Å². The third-order valence-corrected chi connectivity index (χ3v) is 4.02. The number of nitrogens with zero attached hydrogens (tertiary/aromatic N) is 3. The van der Waals surface area contributed by atoms with Crippen molar-refractivity contribution in [1.29, 1.82) is 0 Å². The number of halogens is 3. The van der Waals surface area contributed by atoms with Gasteiger partial charge in [0.2, 0.25) is 0 Å². The molecule has 0 radical (unpaired) electrons. The van der Waals surface area contributed by atoms with Gasteiger partial charge in [0, 0.05) is 6.42 Å². The van der Waals surface area contributed by atoms with Crippen LogP contribution >= 0.6 is 24.0 Å². The number of aryl methyl sites for hydroxylation is 1. The third kappa shape index (κ3) is 3.25. The second-order valence-electron chi connectivity index (χ2n) is 5.22. The molecule has 0 bridgehead atoms. The van der Waals surface area contributed by atoms with E-state index < -0.39 is 23.5 Å². The van der Waals surface area contributed by atoms with E-state index in [4.69, 9.17) is 11.6 Å². The molecule has 6 nitrogen and oxygen atoms in total. The zero-order chi connectivity index (χ0) is 15.9. The summed E-state index contributed by atoms with van der Waals surface area (Å²) in [5.74, 6) is -1.10. The average molecular weight is 362 g/mol. The predicted octanol–water partition coefficient (Wildman–Crippen LogP) is 2.27. The van der Waals surface area contributed by atoms with Crippen LogP contribution in [0.5, 0.6) is 0 Å². The molecule has 3 rings (SSSR count). The monoisotopic (exact) mass is 361 g/mol. The fourth-order valence-electron chi connectivity index (χ4n) is 2.68. The molecule has 1 aromatic heterocycles. The zero-order valence-electron chi connectivity index (χ0n) is 11.9. The molecule has 2 heterocycles. The molecule has 0 saturated carbocycles. The van der Waals surface area contributed by atoms with Gasteiger partial charge in [0.05, 0.1) is 11.6 Å². The summed E-state index contributed by atoms with van der Waals surface area (Å²) < 4.78 is 15.6. The standard InChI is InChI=1S/C14H13ClFN3O3.ClH/c15-9-6-8(4-5-10(9)16)7-18-14(22)19-11(13(20)21)2-1-3-12(19)17-18;/h4-6,11H,1-3,7H2,(H,20,21);1H/t11-;/m1./s1. The number of hydrogen-bond acceptors (Lipinski definition) is 3. The van der Waals surface area contributed by atoms with Gasteiger partial charge in [-0.3, -0.25) is 4.57 Å². The lowest BCUT2D eigenvalue weighted by atomic mass is 10.1. The number of aromatic nitrogens is 3. The van der Waals surface area contributed by atoms with E-state index in [0.29, 0.717) is 30.7 Å². The van der Waals surface area contributed by atoms with E-state index in [1.165, 1.54) is 27.4 Å². The Balaban J connectivity index is 0.00000192.